The zero-order valence-corrected chi connectivity index (χ0v) is 14.2. The highest BCUT2D eigenvalue weighted by Gasteiger charge is 2.09. The highest BCUT2D eigenvalue weighted by Crippen LogP contribution is 2.27. The number of benzene rings is 2. The largest absolute Gasteiger partial charge is 0.334 e. The van der Waals surface area contributed by atoms with Gasteiger partial charge >= 0.3 is 6.03 Å². The molecule has 0 aromatic heterocycles. The molecule has 2 aromatic rings. The fraction of sp³-hybridized carbons (Fsp3) is 0.188. The lowest BCUT2D eigenvalue weighted by Crippen LogP contribution is -2.28. The van der Waals surface area contributed by atoms with Crippen molar-refractivity contribution in [2.45, 2.75) is 20.4 Å². The number of carbonyl (C=O) groups excluding carboxylic acids is 1. The van der Waals surface area contributed by atoms with Gasteiger partial charge < -0.3 is 10.6 Å². The third-order valence-electron chi connectivity index (χ3n) is 3.04. The van der Waals surface area contributed by atoms with Crippen molar-refractivity contribution in [3.63, 3.8) is 0 Å². The van der Waals surface area contributed by atoms with Crippen LogP contribution in [0.3, 0.4) is 0 Å². The predicted molar refractivity (Wildman–Crippen MR) is 90.9 cm³/mol. The van der Waals surface area contributed by atoms with Gasteiger partial charge in [0.1, 0.15) is 0 Å². The zero-order chi connectivity index (χ0) is 15.4. The molecule has 21 heavy (non-hydrogen) atoms. The molecule has 2 rings (SSSR count). The van der Waals surface area contributed by atoms with E-state index in [2.05, 4.69) is 26.6 Å². The van der Waals surface area contributed by atoms with Gasteiger partial charge in [-0.15, -0.1) is 0 Å². The summed E-state index contributed by atoms with van der Waals surface area (Å²) in [6.07, 6.45) is 0. The maximum Gasteiger partial charge on any atom is 0.319 e. The van der Waals surface area contributed by atoms with Gasteiger partial charge in [0, 0.05) is 11.0 Å². The lowest BCUT2D eigenvalue weighted by Gasteiger charge is -2.12. The van der Waals surface area contributed by atoms with Gasteiger partial charge in [0.2, 0.25) is 0 Å². The Kier molecular flexibility index (Phi) is 5.26. The smallest absolute Gasteiger partial charge is 0.319 e. The second-order valence-corrected chi connectivity index (χ2v) is 6.20. The molecule has 0 atom stereocenters. The number of rotatable bonds is 3. The van der Waals surface area contributed by atoms with Crippen molar-refractivity contribution in [3.8, 4) is 0 Å². The van der Waals surface area contributed by atoms with Gasteiger partial charge in [-0.25, -0.2) is 4.79 Å². The summed E-state index contributed by atoms with van der Waals surface area (Å²) in [6.45, 7) is 4.35. The van der Waals surface area contributed by atoms with Crippen LogP contribution >= 0.6 is 27.5 Å². The lowest BCUT2D eigenvalue weighted by atomic mass is 10.1. The van der Waals surface area contributed by atoms with Gasteiger partial charge in [0.25, 0.3) is 0 Å². The first kappa shape index (κ1) is 15.9. The number of anilines is 1. The van der Waals surface area contributed by atoms with E-state index in [1.165, 1.54) is 0 Å². The van der Waals surface area contributed by atoms with Gasteiger partial charge in [-0.3, -0.25) is 0 Å². The van der Waals surface area contributed by atoms with E-state index in [1.807, 2.05) is 50.2 Å². The molecule has 2 N–H and O–H groups in total. The second-order valence-electron chi connectivity index (χ2n) is 4.87. The fourth-order valence-electron chi connectivity index (χ4n) is 2.02. The van der Waals surface area contributed by atoms with Crippen molar-refractivity contribution in [2.75, 3.05) is 5.32 Å². The normalized spacial score (nSPS) is 10.3. The van der Waals surface area contributed by atoms with Gasteiger partial charge in [0.05, 0.1) is 10.7 Å². The first-order chi connectivity index (χ1) is 9.95. The minimum absolute atomic E-state index is 0.272. The maximum atomic E-state index is 12.0. The second kappa shape index (κ2) is 6.96. The quantitative estimate of drug-likeness (QED) is 0.784. The Labute approximate surface area is 137 Å². The van der Waals surface area contributed by atoms with E-state index in [9.17, 15) is 4.79 Å². The minimum Gasteiger partial charge on any atom is -0.334 e. The number of aryl methyl sites for hydroxylation is 2. The summed E-state index contributed by atoms with van der Waals surface area (Å²) in [4.78, 5) is 12.0. The van der Waals surface area contributed by atoms with E-state index in [1.54, 1.807) is 0 Å². The van der Waals surface area contributed by atoms with E-state index < -0.39 is 0 Å². The molecule has 0 fully saturated rings. The molecule has 0 aliphatic rings. The van der Waals surface area contributed by atoms with Crippen LogP contribution in [0.4, 0.5) is 10.5 Å². The third-order valence-corrected chi connectivity index (χ3v) is 3.86. The number of hydrogen-bond acceptors (Lipinski definition) is 1. The van der Waals surface area contributed by atoms with Gasteiger partial charge in [-0.2, -0.15) is 0 Å². The van der Waals surface area contributed by atoms with Crippen LogP contribution in [0.5, 0.6) is 0 Å². The summed E-state index contributed by atoms with van der Waals surface area (Å²) in [6, 6.07) is 11.3. The standard InChI is InChI=1S/C16H16BrClN2O/c1-10-7-11(2)15(14(18)8-10)20-16(21)19-9-12-3-5-13(17)6-4-12/h3-8H,9H2,1-2H3,(H2,19,20,21). The minimum atomic E-state index is -0.272. The van der Waals surface area contributed by atoms with Crippen molar-refractivity contribution < 1.29 is 4.79 Å². The molecule has 2 amide bonds. The van der Waals surface area contributed by atoms with Crippen molar-refractivity contribution in [1.82, 2.24) is 5.32 Å². The summed E-state index contributed by atoms with van der Waals surface area (Å²) in [5, 5.41) is 6.16. The molecule has 0 bridgehead atoms. The molecule has 0 saturated heterocycles. The van der Waals surface area contributed by atoms with E-state index in [0.717, 1.165) is 21.2 Å². The number of nitrogens with one attached hydrogen (secondary N) is 2. The van der Waals surface area contributed by atoms with Crippen LogP contribution in [0.15, 0.2) is 40.9 Å². The molecule has 0 saturated carbocycles. The summed E-state index contributed by atoms with van der Waals surface area (Å²) < 4.78 is 1.01. The molecule has 0 heterocycles. The Bertz CT molecular complexity index is 633. The molecule has 110 valence electrons. The third kappa shape index (κ3) is 4.48. The Morgan fingerprint density at radius 1 is 1.19 bits per heavy atom. The molecule has 0 aliphatic heterocycles. The van der Waals surface area contributed by atoms with Crippen LogP contribution in [0, 0.1) is 13.8 Å². The molecular weight excluding hydrogens is 352 g/mol. The van der Waals surface area contributed by atoms with Crippen LogP contribution < -0.4 is 10.6 Å². The lowest BCUT2D eigenvalue weighted by molar-refractivity contribution is 0.251. The van der Waals surface area contributed by atoms with Crippen LogP contribution in [0.2, 0.25) is 5.02 Å². The summed E-state index contributed by atoms with van der Waals surface area (Å²) in [5.74, 6) is 0. The first-order valence-corrected chi connectivity index (χ1v) is 7.69. The first-order valence-electron chi connectivity index (χ1n) is 6.52. The molecular formula is C16H16BrClN2O. The molecule has 0 spiro atoms. The Morgan fingerprint density at radius 3 is 2.48 bits per heavy atom. The number of halogens is 2. The monoisotopic (exact) mass is 366 g/mol. The summed E-state index contributed by atoms with van der Waals surface area (Å²) >= 11 is 9.54. The molecule has 2 aromatic carbocycles. The van der Waals surface area contributed by atoms with Gasteiger partial charge in [0.15, 0.2) is 0 Å². The molecule has 0 aliphatic carbocycles. The SMILES string of the molecule is Cc1cc(C)c(NC(=O)NCc2ccc(Br)cc2)c(Cl)c1. The maximum absolute atomic E-state index is 12.0. The number of amides is 2. The van der Waals surface area contributed by atoms with Crippen LogP contribution in [-0.4, -0.2) is 6.03 Å². The van der Waals surface area contributed by atoms with Crippen LogP contribution in [0.1, 0.15) is 16.7 Å². The highest BCUT2D eigenvalue weighted by molar-refractivity contribution is 9.10. The van der Waals surface area contributed by atoms with E-state index in [-0.39, 0.29) is 6.03 Å². The van der Waals surface area contributed by atoms with Crippen molar-refractivity contribution in [3.05, 3.63) is 62.6 Å². The Balaban J connectivity index is 1.97. The van der Waals surface area contributed by atoms with E-state index >= 15 is 0 Å². The van der Waals surface area contributed by atoms with Gasteiger partial charge in [-0.05, 0) is 48.7 Å². The van der Waals surface area contributed by atoms with Crippen molar-refractivity contribution in [1.29, 1.82) is 0 Å². The van der Waals surface area contributed by atoms with E-state index in [4.69, 9.17) is 11.6 Å². The van der Waals surface area contributed by atoms with Gasteiger partial charge in [-0.1, -0.05) is 45.7 Å². The fourth-order valence-corrected chi connectivity index (χ4v) is 2.65. The highest BCUT2D eigenvalue weighted by atomic mass is 79.9. The zero-order valence-electron chi connectivity index (χ0n) is 11.8. The van der Waals surface area contributed by atoms with Crippen molar-refractivity contribution in [2.24, 2.45) is 0 Å². The van der Waals surface area contributed by atoms with Crippen molar-refractivity contribution >= 4 is 39.2 Å². The molecule has 0 radical (unpaired) electrons. The van der Waals surface area contributed by atoms with Crippen LogP contribution in [-0.2, 0) is 6.54 Å². The number of urea groups is 1. The Hall–Kier alpha value is -1.52. The average molecular weight is 368 g/mol. The topological polar surface area (TPSA) is 41.1 Å². The molecule has 3 nitrogen and oxygen atoms in total. The summed E-state index contributed by atoms with van der Waals surface area (Å²) in [5.41, 5.74) is 3.69. The number of carbonyl (C=O) groups is 1. The molecule has 5 heteroatoms. The predicted octanol–water partition coefficient (Wildman–Crippen LogP) is 5.04. The number of hydrogen-bond donors (Lipinski definition) is 2. The average Bonchev–Trinajstić information content (AvgIpc) is 2.42. The summed E-state index contributed by atoms with van der Waals surface area (Å²) in [7, 11) is 0. The van der Waals surface area contributed by atoms with Crippen LogP contribution in [0.25, 0.3) is 0 Å². The molecule has 0 unspecified atom stereocenters. The van der Waals surface area contributed by atoms with E-state index in [0.29, 0.717) is 17.3 Å². The Morgan fingerprint density at radius 2 is 1.86 bits per heavy atom.